The van der Waals surface area contributed by atoms with Gasteiger partial charge in [0.1, 0.15) is 11.5 Å². The van der Waals surface area contributed by atoms with Crippen LogP contribution in [0.5, 0.6) is 11.5 Å². The summed E-state index contributed by atoms with van der Waals surface area (Å²) in [5.41, 5.74) is 1.12. The second-order valence-corrected chi connectivity index (χ2v) is 6.88. The average Bonchev–Trinajstić information content (AvgIpc) is 3.11. The Labute approximate surface area is 143 Å². The third-order valence-electron chi connectivity index (χ3n) is 5.42. The van der Waals surface area contributed by atoms with Gasteiger partial charge in [0.15, 0.2) is 0 Å². The maximum absolute atomic E-state index is 12.7. The molecule has 1 aromatic rings. The standard InChI is InChI=1S/C19H27NO4/c1-23-16-7-8-18(24-2)17(11-16)14-9-10-20(12-14)19(22)13-3-5-15(21)6-4-13/h7-8,11,13-15,21H,3-6,9-10,12H2,1-2H3/t13?,14-,15?/m1/s1. The first kappa shape index (κ1) is 17.1. The average molecular weight is 333 g/mol. The molecule has 0 spiro atoms. The van der Waals surface area contributed by atoms with Gasteiger partial charge < -0.3 is 19.5 Å². The van der Waals surface area contributed by atoms with Gasteiger partial charge in [-0.2, -0.15) is 0 Å². The van der Waals surface area contributed by atoms with Crippen LogP contribution in [0.25, 0.3) is 0 Å². The van der Waals surface area contributed by atoms with E-state index in [1.54, 1.807) is 14.2 Å². The molecule has 1 aromatic carbocycles. The maximum atomic E-state index is 12.7. The van der Waals surface area contributed by atoms with E-state index in [2.05, 4.69) is 0 Å². The smallest absolute Gasteiger partial charge is 0.225 e. The fourth-order valence-corrected chi connectivity index (χ4v) is 3.95. The van der Waals surface area contributed by atoms with E-state index in [1.807, 2.05) is 23.1 Å². The molecule has 0 aromatic heterocycles. The van der Waals surface area contributed by atoms with E-state index < -0.39 is 0 Å². The van der Waals surface area contributed by atoms with Crippen LogP contribution in [-0.2, 0) is 4.79 Å². The third kappa shape index (κ3) is 3.51. The van der Waals surface area contributed by atoms with Crippen LogP contribution in [-0.4, -0.2) is 49.3 Å². The Morgan fingerprint density at radius 3 is 2.54 bits per heavy atom. The molecule has 24 heavy (non-hydrogen) atoms. The van der Waals surface area contributed by atoms with E-state index >= 15 is 0 Å². The molecule has 1 aliphatic carbocycles. The lowest BCUT2D eigenvalue weighted by atomic mass is 9.86. The molecule has 1 N–H and O–H groups in total. The van der Waals surface area contributed by atoms with E-state index in [-0.39, 0.29) is 23.8 Å². The Morgan fingerprint density at radius 2 is 1.88 bits per heavy atom. The number of rotatable bonds is 4. The summed E-state index contributed by atoms with van der Waals surface area (Å²) in [6, 6.07) is 5.85. The summed E-state index contributed by atoms with van der Waals surface area (Å²) in [5.74, 6) is 2.30. The highest BCUT2D eigenvalue weighted by molar-refractivity contribution is 5.79. The number of aliphatic hydroxyl groups excluding tert-OH is 1. The Hall–Kier alpha value is -1.75. The molecule has 1 amide bonds. The number of hydrogen-bond donors (Lipinski definition) is 1. The van der Waals surface area contributed by atoms with Crippen molar-refractivity contribution in [2.45, 2.75) is 44.1 Å². The first-order valence-electron chi connectivity index (χ1n) is 8.81. The molecule has 0 radical (unpaired) electrons. The minimum Gasteiger partial charge on any atom is -0.497 e. The van der Waals surface area contributed by atoms with Gasteiger partial charge in [0.2, 0.25) is 5.91 Å². The van der Waals surface area contributed by atoms with Gasteiger partial charge in [-0.1, -0.05) is 0 Å². The quantitative estimate of drug-likeness (QED) is 0.920. The van der Waals surface area contributed by atoms with E-state index in [0.717, 1.165) is 62.3 Å². The molecule has 1 atom stereocenters. The first-order valence-corrected chi connectivity index (χ1v) is 8.81. The maximum Gasteiger partial charge on any atom is 0.225 e. The van der Waals surface area contributed by atoms with Gasteiger partial charge in [0.05, 0.1) is 20.3 Å². The number of aliphatic hydroxyl groups is 1. The lowest BCUT2D eigenvalue weighted by Gasteiger charge is -2.28. The van der Waals surface area contributed by atoms with Crippen molar-refractivity contribution in [3.8, 4) is 11.5 Å². The van der Waals surface area contributed by atoms with Gasteiger partial charge >= 0.3 is 0 Å². The predicted octanol–water partition coefficient (Wildman–Crippen LogP) is 2.57. The lowest BCUT2D eigenvalue weighted by Crippen LogP contribution is -2.36. The molecule has 3 rings (SSSR count). The summed E-state index contributed by atoms with van der Waals surface area (Å²) in [7, 11) is 3.34. The largest absolute Gasteiger partial charge is 0.497 e. The van der Waals surface area contributed by atoms with Crippen molar-refractivity contribution in [3.63, 3.8) is 0 Å². The first-order chi connectivity index (χ1) is 11.6. The zero-order valence-corrected chi connectivity index (χ0v) is 14.5. The second-order valence-electron chi connectivity index (χ2n) is 6.88. The van der Waals surface area contributed by atoms with Crippen molar-refractivity contribution in [1.82, 2.24) is 4.90 Å². The molecule has 1 heterocycles. The number of carbonyl (C=O) groups is 1. The summed E-state index contributed by atoms with van der Waals surface area (Å²) < 4.78 is 10.8. The van der Waals surface area contributed by atoms with E-state index in [9.17, 15) is 9.90 Å². The van der Waals surface area contributed by atoms with Crippen molar-refractivity contribution >= 4 is 5.91 Å². The van der Waals surface area contributed by atoms with Crippen molar-refractivity contribution < 1.29 is 19.4 Å². The molecule has 5 nitrogen and oxygen atoms in total. The molecule has 132 valence electrons. The number of benzene rings is 1. The van der Waals surface area contributed by atoms with Crippen molar-refractivity contribution in [2.24, 2.45) is 5.92 Å². The van der Waals surface area contributed by atoms with Gasteiger partial charge in [-0.15, -0.1) is 0 Å². The minimum absolute atomic E-state index is 0.0827. The van der Waals surface area contributed by atoms with E-state index in [4.69, 9.17) is 9.47 Å². The van der Waals surface area contributed by atoms with Gasteiger partial charge in [-0.3, -0.25) is 4.79 Å². The highest BCUT2D eigenvalue weighted by Crippen LogP contribution is 2.37. The normalized spacial score (nSPS) is 27.1. The Morgan fingerprint density at radius 1 is 1.12 bits per heavy atom. The van der Waals surface area contributed by atoms with Gasteiger partial charge in [0, 0.05) is 30.5 Å². The Bertz CT molecular complexity index is 581. The van der Waals surface area contributed by atoms with Crippen LogP contribution in [0.1, 0.15) is 43.6 Å². The summed E-state index contributed by atoms with van der Waals surface area (Å²) in [5, 5.41) is 9.62. The lowest BCUT2D eigenvalue weighted by molar-refractivity contribution is -0.136. The van der Waals surface area contributed by atoms with Crippen LogP contribution < -0.4 is 9.47 Å². The molecule has 1 saturated carbocycles. The number of hydrogen-bond acceptors (Lipinski definition) is 4. The summed E-state index contributed by atoms with van der Waals surface area (Å²) >= 11 is 0. The monoisotopic (exact) mass is 333 g/mol. The molecule has 5 heteroatoms. The van der Waals surface area contributed by atoms with Gasteiger partial charge in [-0.05, 0) is 50.3 Å². The topological polar surface area (TPSA) is 59.0 Å². The van der Waals surface area contributed by atoms with Crippen LogP contribution >= 0.6 is 0 Å². The highest BCUT2D eigenvalue weighted by atomic mass is 16.5. The van der Waals surface area contributed by atoms with Crippen LogP contribution in [0.3, 0.4) is 0 Å². The zero-order chi connectivity index (χ0) is 17.1. The minimum atomic E-state index is -0.221. The predicted molar refractivity (Wildman–Crippen MR) is 91.4 cm³/mol. The second kappa shape index (κ2) is 7.43. The number of methoxy groups -OCH3 is 2. The summed E-state index contributed by atoms with van der Waals surface area (Å²) in [6.07, 6.45) is 3.84. The number of amides is 1. The number of nitrogens with zero attached hydrogens (tertiary/aromatic N) is 1. The van der Waals surface area contributed by atoms with Crippen molar-refractivity contribution in [3.05, 3.63) is 23.8 Å². The zero-order valence-electron chi connectivity index (χ0n) is 14.5. The number of carbonyl (C=O) groups excluding carboxylic acids is 1. The van der Waals surface area contributed by atoms with E-state index in [1.165, 1.54) is 0 Å². The number of likely N-dealkylation sites (tertiary alicyclic amines) is 1. The molecule has 2 fully saturated rings. The Kier molecular flexibility index (Phi) is 5.29. The molecule has 0 bridgehead atoms. The van der Waals surface area contributed by atoms with Crippen LogP contribution in [0, 0.1) is 5.92 Å². The van der Waals surface area contributed by atoms with E-state index in [0.29, 0.717) is 0 Å². The fraction of sp³-hybridized carbons (Fsp3) is 0.632. The van der Waals surface area contributed by atoms with Crippen LogP contribution in [0.4, 0.5) is 0 Å². The van der Waals surface area contributed by atoms with Crippen molar-refractivity contribution in [1.29, 1.82) is 0 Å². The van der Waals surface area contributed by atoms with Gasteiger partial charge in [-0.25, -0.2) is 0 Å². The SMILES string of the molecule is COc1ccc(OC)c([C@@H]2CCN(C(=O)C3CCC(O)CC3)C2)c1. The molecule has 1 aliphatic heterocycles. The Balaban J connectivity index is 1.68. The van der Waals surface area contributed by atoms with Crippen molar-refractivity contribution in [2.75, 3.05) is 27.3 Å². The molecular weight excluding hydrogens is 306 g/mol. The molecule has 2 aliphatic rings. The van der Waals surface area contributed by atoms with Gasteiger partial charge in [0.25, 0.3) is 0 Å². The fourth-order valence-electron chi connectivity index (χ4n) is 3.95. The highest BCUT2D eigenvalue weighted by Gasteiger charge is 2.34. The van der Waals surface area contributed by atoms with Crippen LogP contribution in [0.15, 0.2) is 18.2 Å². The summed E-state index contributed by atoms with van der Waals surface area (Å²) in [4.78, 5) is 14.7. The third-order valence-corrected chi connectivity index (χ3v) is 5.42. The molecule has 0 unspecified atom stereocenters. The molecule has 1 saturated heterocycles. The molecular formula is C19H27NO4. The number of ether oxygens (including phenoxy) is 2. The van der Waals surface area contributed by atoms with Crippen LogP contribution in [0.2, 0.25) is 0 Å². The summed E-state index contributed by atoms with van der Waals surface area (Å²) in [6.45, 7) is 1.53.